The molecule has 174 valence electrons. The molecule has 1 unspecified atom stereocenters. The third-order valence-corrected chi connectivity index (χ3v) is 6.76. The van der Waals surface area contributed by atoms with Crippen molar-refractivity contribution >= 4 is 27.7 Å². The highest BCUT2D eigenvalue weighted by molar-refractivity contribution is 7.89. The molecule has 1 fully saturated rings. The molecule has 0 bridgehead atoms. The fourth-order valence-corrected chi connectivity index (χ4v) is 4.90. The number of hydroxylamine groups is 1. The number of benzene rings is 2. The van der Waals surface area contributed by atoms with Crippen molar-refractivity contribution in [3.05, 3.63) is 59.1 Å². The molecule has 32 heavy (non-hydrogen) atoms. The lowest BCUT2D eigenvalue weighted by Gasteiger charge is -2.40. The number of morpholine rings is 1. The van der Waals surface area contributed by atoms with Crippen molar-refractivity contribution in [3.63, 3.8) is 0 Å². The number of carbonyl (C=O) groups excluding carboxylic acids is 1. The average Bonchev–Trinajstić information content (AvgIpc) is 2.78. The minimum Gasteiger partial charge on any atom is -0.489 e. The van der Waals surface area contributed by atoms with Crippen molar-refractivity contribution < 1.29 is 37.4 Å². The van der Waals surface area contributed by atoms with Gasteiger partial charge in [-0.3, -0.25) is 5.21 Å². The minimum absolute atomic E-state index is 0.0467. The molecule has 2 aromatic carbocycles. The van der Waals surface area contributed by atoms with Crippen LogP contribution in [0.4, 0.5) is 4.79 Å². The molecule has 0 spiro atoms. The van der Waals surface area contributed by atoms with Crippen LogP contribution in [0.2, 0.25) is 5.02 Å². The maximum absolute atomic E-state index is 13.3. The van der Waals surface area contributed by atoms with E-state index in [-0.39, 0.29) is 18.0 Å². The Morgan fingerprint density at radius 1 is 1.28 bits per heavy atom. The number of ether oxygens (including phenoxy) is 4. The molecular formula is C20H23ClN2O8S. The molecule has 0 aromatic heterocycles. The Hall–Kier alpha value is -2.41. The Morgan fingerprint density at radius 3 is 2.62 bits per heavy atom. The zero-order valence-electron chi connectivity index (χ0n) is 17.3. The van der Waals surface area contributed by atoms with Crippen LogP contribution in [0.1, 0.15) is 12.5 Å². The van der Waals surface area contributed by atoms with Gasteiger partial charge >= 0.3 is 6.09 Å². The van der Waals surface area contributed by atoms with Gasteiger partial charge < -0.3 is 18.9 Å². The van der Waals surface area contributed by atoms with E-state index in [1.807, 2.05) is 12.1 Å². The van der Waals surface area contributed by atoms with Gasteiger partial charge in [-0.2, -0.15) is 4.31 Å². The summed E-state index contributed by atoms with van der Waals surface area (Å²) in [6.45, 7) is 1.56. The number of hydrogen-bond acceptors (Lipinski definition) is 8. The standard InChI is InChI=1S/C20H23ClN2O8S/c1-13-19(31-20(24)22-25)23(11-18(28-2)30-13)32(26,27)17-8-6-16(7-9-17)29-12-14-4-3-5-15(21)10-14/h3-10,13,18-19,25H,11-12H2,1-2H3,(H,22,24)/t13-,18?,19+/m0/s1. The van der Waals surface area contributed by atoms with Crippen LogP contribution in [0.3, 0.4) is 0 Å². The van der Waals surface area contributed by atoms with E-state index < -0.39 is 34.7 Å². The van der Waals surface area contributed by atoms with Gasteiger partial charge in [-0.15, -0.1) is 0 Å². The van der Waals surface area contributed by atoms with Gasteiger partial charge in [0.1, 0.15) is 18.5 Å². The van der Waals surface area contributed by atoms with Crippen LogP contribution in [0.25, 0.3) is 0 Å². The lowest BCUT2D eigenvalue weighted by molar-refractivity contribution is -0.232. The van der Waals surface area contributed by atoms with Crippen molar-refractivity contribution in [2.75, 3.05) is 13.7 Å². The molecule has 1 heterocycles. The largest absolute Gasteiger partial charge is 0.489 e. The van der Waals surface area contributed by atoms with Gasteiger partial charge in [0, 0.05) is 12.1 Å². The van der Waals surface area contributed by atoms with E-state index in [0.717, 1.165) is 9.87 Å². The summed E-state index contributed by atoms with van der Waals surface area (Å²) in [7, 11) is -2.75. The Kier molecular flexibility index (Phi) is 7.93. The van der Waals surface area contributed by atoms with Crippen LogP contribution in [-0.4, -0.2) is 56.3 Å². The number of nitrogens with one attached hydrogen (secondary N) is 1. The summed E-state index contributed by atoms with van der Waals surface area (Å²) in [5.41, 5.74) is 2.18. The van der Waals surface area contributed by atoms with Gasteiger partial charge in [-0.05, 0) is 48.9 Å². The number of halogens is 1. The van der Waals surface area contributed by atoms with Gasteiger partial charge in [0.25, 0.3) is 0 Å². The van der Waals surface area contributed by atoms with Crippen molar-refractivity contribution in [1.82, 2.24) is 9.79 Å². The number of nitrogens with zero attached hydrogens (tertiary/aromatic N) is 1. The van der Waals surface area contributed by atoms with Gasteiger partial charge in [0.15, 0.2) is 12.5 Å². The molecule has 1 amide bonds. The lowest BCUT2D eigenvalue weighted by Crippen LogP contribution is -2.58. The number of sulfonamides is 1. The molecule has 10 nitrogen and oxygen atoms in total. The second-order valence-corrected chi connectivity index (χ2v) is 9.21. The highest BCUT2D eigenvalue weighted by Crippen LogP contribution is 2.28. The summed E-state index contributed by atoms with van der Waals surface area (Å²) in [4.78, 5) is 11.5. The monoisotopic (exact) mass is 486 g/mol. The third-order valence-electron chi connectivity index (χ3n) is 4.69. The molecule has 1 saturated heterocycles. The van der Waals surface area contributed by atoms with E-state index in [1.54, 1.807) is 12.1 Å². The predicted molar refractivity (Wildman–Crippen MR) is 113 cm³/mol. The van der Waals surface area contributed by atoms with Crippen LogP contribution in [0.15, 0.2) is 53.4 Å². The Labute approximate surface area is 190 Å². The van der Waals surface area contributed by atoms with Gasteiger partial charge in [0.2, 0.25) is 10.0 Å². The van der Waals surface area contributed by atoms with Crippen LogP contribution in [0.5, 0.6) is 5.75 Å². The maximum Gasteiger partial charge on any atom is 0.432 e. The van der Waals surface area contributed by atoms with E-state index in [0.29, 0.717) is 10.8 Å². The number of methoxy groups -OCH3 is 1. The molecule has 12 heteroatoms. The minimum atomic E-state index is -4.12. The quantitative estimate of drug-likeness (QED) is 0.452. The second-order valence-electron chi connectivity index (χ2n) is 6.88. The molecule has 0 radical (unpaired) electrons. The molecule has 2 aromatic rings. The summed E-state index contributed by atoms with van der Waals surface area (Å²) >= 11 is 5.96. The molecule has 1 aliphatic heterocycles. The molecule has 2 N–H and O–H groups in total. The van der Waals surface area contributed by atoms with Gasteiger partial charge in [-0.1, -0.05) is 23.7 Å². The summed E-state index contributed by atoms with van der Waals surface area (Å²) in [5, 5.41) is 9.35. The first-order valence-corrected chi connectivity index (χ1v) is 11.3. The summed E-state index contributed by atoms with van der Waals surface area (Å²) in [6.07, 6.45) is -4.26. The smallest absolute Gasteiger partial charge is 0.432 e. The number of hydrogen-bond donors (Lipinski definition) is 2. The summed E-state index contributed by atoms with van der Waals surface area (Å²) in [5.74, 6) is 0.460. The fraction of sp³-hybridized carbons (Fsp3) is 0.350. The average molecular weight is 487 g/mol. The molecule has 3 rings (SSSR count). The Morgan fingerprint density at radius 2 is 2.00 bits per heavy atom. The lowest BCUT2D eigenvalue weighted by atomic mass is 10.2. The third kappa shape index (κ3) is 5.68. The topological polar surface area (TPSA) is 124 Å². The van der Waals surface area contributed by atoms with E-state index >= 15 is 0 Å². The van der Waals surface area contributed by atoms with Gasteiger partial charge in [-0.25, -0.2) is 18.7 Å². The van der Waals surface area contributed by atoms with Crippen molar-refractivity contribution in [2.45, 2.75) is 37.0 Å². The normalized spacial score (nSPS) is 21.7. The molecular weight excluding hydrogens is 464 g/mol. The highest BCUT2D eigenvalue weighted by atomic mass is 35.5. The first-order chi connectivity index (χ1) is 15.2. The molecule has 3 atom stereocenters. The van der Waals surface area contributed by atoms with Crippen molar-refractivity contribution in [3.8, 4) is 5.75 Å². The van der Waals surface area contributed by atoms with E-state index in [9.17, 15) is 13.2 Å². The number of rotatable bonds is 7. The second kappa shape index (κ2) is 10.5. The van der Waals surface area contributed by atoms with Gasteiger partial charge in [0.05, 0.1) is 11.4 Å². The first kappa shape index (κ1) is 24.2. The Bertz CT molecular complexity index is 1030. The van der Waals surface area contributed by atoms with Crippen LogP contribution >= 0.6 is 11.6 Å². The first-order valence-electron chi connectivity index (χ1n) is 9.52. The van der Waals surface area contributed by atoms with Crippen molar-refractivity contribution in [2.24, 2.45) is 0 Å². The van der Waals surface area contributed by atoms with E-state index in [1.165, 1.54) is 43.8 Å². The van der Waals surface area contributed by atoms with Crippen molar-refractivity contribution in [1.29, 1.82) is 0 Å². The van der Waals surface area contributed by atoms with Crippen LogP contribution in [0, 0.1) is 0 Å². The molecule has 1 aliphatic rings. The number of carbonyl (C=O) groups is 1. The molecule has 0 aliphatic carbocycles. The SMILES string of the molecule is COC1CN(S(=O)(=O)c2ccc(OCc3cccc(Cl)c3)cc2)[C@H](OC(=O)NO)[C@H](C)O1. The van der Waals surface area contributed by atoms with E-state index in [4.69, 9.17) is 35.8 Å². The summed E-state index contributed by atoms with van der Waals surface area (Å²) in [6, 6.07) is 13.0. The van der Waals surface area contributed by atoms with Crippen LogP contribution in [-0.2, 0) is 30.8 Å². The molecule has 0 saturated carbocycles. The summed E-state index contributed by atoms with van der Waals surface area (Å²) < 4.78 is 48.9. The van der Waals surface area contributed by atoms with E-state index in [2.05, 4.69) is 0 Å². The van der Waals surface area contributed by atoms with Crippen LogP contribution < -0.4 is 10.2 Å². The zero-order valence-corrected chi connectivity index (χ0v) is 18.9. The maximum atomic E-state index is 13.3. The predicted octanol–water partition coefficient (Wildman–Crippen LogP) is 2.74. The Balaban J connectivity index is 1.78. The fourth-order valence-electron chi connectivity index (χ4n) is 3.13. The highest BCUT2D eigenvalue weighted by Gasteiger charge is 2.44. The zero-order chi connectivity index (χ0) is 23.3. The number of amides is 1.